The molecule has 0 radical (unpaired) electrons. The van der Waals surface area contributed by atoms with E-state index in [1.54, 1.807) is 12.2 Å². The van der Waals surface area contributed by atoms with Crippen LogP contribution in [0.2, 0.25) is 0 Å². The summed E-state index contributed by atoms with van der Waals surface area (Å²) in [4.78, 5) is 9.93. The molecule has 0 aromatic rings. The third-order valence-corrected chi connectivity index (χ3v) is 5.19. The Hall–Kier alpha value is -0.790. The lowest BCUT2D eigenvalue weighted by Gasteiger charge is -2.35. The van der Waals surface area contributed by atoms with Crippen molar-refractivity contribution in [3.05, 3.63) is 36.1 Å². The van der Waals surface area contributed by atoms with E-state index in [4.69, 9.17) is 4.74 Å². The molecule has 0 aliphatic heterocycles. The minimum absolute atomic E-state index is 0.499. The molecular weight excluding hydrogens is 247 g/mol. The van der Waals surface area contributed by atoms with Crippen LogP contribution in [-0.4, -0.2) is 16.9 Å². The summed E-state index contributed by atoms with van der Waals surface area (Å²) in [7, 11) is -3.34. The first-order chi connectivity index (χ1) is 8.36. The van der Waals surface area contributed by atoms with Gasteiger partial charge in [-0.15, -0.1) is 0 Å². The van der Waals surface area contributed by atoms with Gasteiger partial charge in [-0.2, -0.15) is 0 Å². The zero-order valence-corrected chi connectivity index (χ0v) is 12.9. The molecule has 18 heavy (non-hydrogen) atoms. The Balaban J connectivity index is 5.36. The van der Waals surface area contributed by atoms with Crippen molar-refractivity contribution in [2.24, 2.45) is 0 Å². The highest BCUT2D eigenvalue weighted by atomic mass is 31.2. The van der Waals surface area contributed by atoms with E-state index < -0.39 is 12.7 Å². The van der Waals surface area contributed by atoms with E-state index in [1.807, 2.05) is 45.9 Å². The van der Waals surface area contributed by atoms with Crippen LogP contribution in [0.5, 0.6) is 0 Å². The predicted molar refractivity (Wildman–Crippen MR) is 77.9 cm³/mol. The van der Waals surface area contributed by atoms with Gasteiger partial charge in [0.15, 0.2) is 5.34 Å². The van der Waals surface area contributed by atoms with Gasteiger partial charge in [-0.25, -0.2) is 0 Å². The molecule has 0 heterocycles. The van der Waals surface area contributed by atoms with Crippen molar-refractivity contribution in [1.29, 1.82) is 0 Å². The molecule has 0 rings (SSSR count). The Kier molecular flexibility index (Phi) is 7.27. The highest BCUT2D eigenvalue weighted by Crippen LogP contribution is 2.56. The maximum Gasteiger partial charge on any atom is 0.239 e. The topological polar surface area (TPSA) is 46.5 Å². The van der Waals surface area contributed by atoms with Gasteiger partial charge in [-0.05, 0) is 38.8 Å². The van der Waals surface area contributed by atoms with Crippen LogP contribution in [0.4, 0.5) is 0 Å². The van der Waals surface area contributed by atoms with E-state index in [-0.39, 0.29) is 0 Å². The van der Waals surface area contributed by atoms with Crippen LogP contribution in [-0.2, 0) is 9.30 Å². The number of allylic oxidation sites excluding steroid dienone is 5. The number of hydrogen-bond donors (Lipinski definition) is 1. The standard InChI is InChI=1S/C14H25O3P/c1-6-10-12-13(11-7-2)17-14(8-3,9-4)18(5,15)16/h6-7,10-12H,8-9H2,1-5H3,(H,15,16). The Morgan fingerprint density at radius 1 is 1.28 bits per heavy atom. The molecule has 4 heteroatoms. The third kappa shape index (κ3) is 4.47. The Morgan fingerprint density at radius 2 is 1.83 bits per heavy atom. The maximum absolute atomic E-state index is 12.1. The molecule has 3 nitrogen and oxygen atoms in total. The monoisotopic (exact) mass is 272 g/mol. The predicted octanol–water partition coefficient (Wildman–Crippen LogP) is 4.46. The molecule has 0 aromatic heterocycles. The quantitative estimate of drug-likeness (QED) is 0.423. The Morgan fingerprint density at radius 3 is 2.17 bits per heavy atom. The lowest BCUT2D eigenvalue weighted by molar-refractivity contribution is 0.0636. The number of rotatable bonds is 7. The molecular formula is C14H25O3P. The van der Waals surface area contributed by atoms with Crippen molar-refractivity contribution in [3.8, 4) is 0 Å². The van der Waals surface area contributed by atoms with Crippen molar-refractivity contribution in [1.82, 2.24) is 0 Å². The van der Waals surface area contributed by atoms with Gasteiger partial charge in [-0.1, -0.05) is 32.1 Å². The van der Waals surface area contributed by atoms with Gasteiger partial charge >= 0.3 is 0 Å². The van der Waals surface area contributed by atoms with Crippen molar-refractivity contribution in [2.45, 2.75) is 45.9 Å². The highest BCUT2D eigenvalue weighted by molar-refractivity contribution is 7.58. The molecule has 1 atom stereocenters. The molecule has 0 saturated heterocycles. The number of hydrogen-bond acceptors (Lipinski definition) is 2. The van der Waals surface area contributed by atoms with E-state index in [9.17, 15) is 9.46 Å². The van der Waals surface area contributed by atoms with Gasteiger partial charge in [0.1, 0.15) is 5.76 Å². The van der Waals surface area contributed by atoms with Crippen LogP contribution in [0, 0.1) is 0 Å². The minimum Gasteiger partial charge on any atom is -0.477 e. The molecule has 0 aliphatic rings. The molecule has 0 saturated carbocycles. The summed E-state index contributed by atoms with van der Waals surface area (Å²) in [5.74, 6) is 0.607. The van der Waals surface area contributed by atoms with Gasteiger partial charge in [0.2, 0.25) is 7.37 Å². The van der Waals surface area contributed by atoms with E-state index in [1.165, 1.54) is 6.66 Å². The average molecular weight is 272 g/mol. The Labute approximate surface area is 111 Å². The molecule has 0 spiro atoms. The lowest BCUT2D eigenvalue weighted by Crippen LogP contribution is -2.30. The maximum atomic E-state index is 12.1. The molecule has 0 aliphatic carbocycles. The van der Waals surface area contributed by atoms with E-state index in [0.717, 1.165) is 0 Å². The first-order valence-electron chi connectivity index (χ1n) is 6.32. The zero-order chi connectivity index (χ0) is 14.2. The summed E-state index contributed by atoms with van der Waals surface area (Å²) in [6, 6.07) is 0. The van der Waals surface area contributed by atoms with Crippen LogP contribution >= 0.6 is 7.37 Å². The highest BCUT2D eigenvalue weighted by Gasteiger charge is 2.43. The SMILES string of the molecule is CC=CC=C(C=CC)OC(CC)(CC)P(C)(=O)O. The van der Waals surface area contributed by atoms with E-state index in [2.05, 4.69) is 0 Å². The molecule has 1 N–H and O–H groups in total. The summed E-state index contributed by atoms with van der Waals surface area (Å²) >= 11 is 0. The first-order valence-corrected chi connectivity index (χ1v) is 8.42. The van der Waals surface area contributed by atoms with Gasteiger partial charge < -0.3 is 9.63 Å². The largest absolute Gasteiger partial charge is 0.477 e. The second-order valence-electron chi connectivity index (χ2n) is 4.23. The second kappa shape index (κ2) is 7.60. The summed E-state index contributed by atoms with van der Waals surface area (Å²) in [5, 5.41) is -1.00. The molecule has 0 aromatic carbocycles. The zero-order valence-electron chi connectivity index (χ0n) is 12.0. The number of ether oxygens (including phenoxy) is 1. The molecule has 0 amide bonds. The van der Waals surface area contributed by atoms with Crippen molar-refractivity contribution < 1.29 is 14.2 Å². The normalized spacial score (nSPS) is 17.3. The second-order valence-corrected chi connectivity index (χ2v) is 6.80. The van der Waals surface area contributed by atoms with Crippen molar-refractivity contribution >= 4 is 7.37 Å². The molecule has 1 unspecified atom stereocenters. The molecule has 0 fully saturated rings. The molecule has 104 valence electrons. The third-order valence-electron chi connectivity index (χ3n) is 2.95. The van der Waals surface area contributed by atoms with Gasteiger partial charge in [0, 0.05) is 6.66 Å². The fraction of sp³-hybridized carbons (Fsp3) is 0.571. The van der Waals surface area contributed by atoms with Crippen LogP contribution < -0.4 is 0 Å². The Bertz CT molecular complexity index is 371. The van der Waals surface area contributed by atoms with Crippen LogP contribution in [0.25, 0.3) is 0 Å². The van der Waals surface area contributed by atoms with Crippen LogP contribution in [0.15, 0.2) is 36.1 Å². The average Bonchev–Trinajstić information content (AvgIpc) is 2.31. The summed E-state index contributed by atoms with van der Waals surface area (Å²) in [5.41, 5.74) is 0. The lowest BCUT2D eigenvalue weighted by atomic mass is 10.2. The summed E-state index contributed by atoms with van der Waals surface area (Å²) < 4.78 is 17.9. The summed E-state index contributed by atoms with van der Waals surface area (Å²) in [6.07, 6.45) is 10.2. The van der Waals surface area contributed by atoms with Gasteiger partial charge in [0.05, 0.1) is 0 Å². The van der Waals surface area contributed by atoms with Gasteiger partial charge in [-0.3, -0.25) is 4.57 Å². The van der Waals surface area contributed by atoms with E-state index in [0.29, 0.717) is 18.6 Å². The van der Waals surface area contributed by atoms with Crippen LogP contribution in [0.3, 0.4) is 0 Å². The fourth-order valence-corrected chi connectivity index (χ4v) is 3.21. The fourth-order valence-electron chi connectivity index (χ4n) is 1.76. The van der Waals surface area contributed by atoms with E-state index >= 15 is 0 Å². The minimum atomic E-state index is -3.34. The van der Waals surface area contributed by atoms with Crippen LogP contribution in [0.1, 0.15) is 40.5 Å². The first kappa shape index (κ1) is 17.2. The van der Waals surface area contributed by atoms with Gasteiger partial charge in [0.25, 0.3) is 0 Å². The molecule has 0 bridgehead atoms. The smallest absolute Gasteiger partial charge is 0.239 e. The van der Waals surface area contributed by atoms with Crippen molar-refractivity contribution in [2.75, 3.05) is 6.66 Å². The van der Waals surface area contributed by atoms with Crippen molar-refractivity contribution in [3.63, 3.8) is 0 Å². The summed E-state index contributed by atoms with van der Waals surface area (Å²) in [6.45, 7) is 8.91.